The molecule has 12 heavy (non-hydrogen) atoms. The molecule has 1 aromatic rings. The molecule has 1 atom stereocenters. The van der Waals surface area contributed by atoms with E-state index in [0.29, 0.717) is 13.0 Å². The smallest absolute Gasteiger partial charge is 0.161 e. The second-order valence-corrected chi connectivity index (χ2v) is 3.13. The van der Waals surface area contributed by atoms with Crippen molar-refractivity contribution in [2.75, 3.05) is 13.2 Å². The highest BCUT2D eigenvalue weighted by atomic mass is 19.1. The van der Waals surface area contributed by atoms with Crippen LogP contribution in [0.15, 0.2) is 30.3 Å². The van der Waals surface area contributed by atoms with Crippen LogP contribution < -0.4 is 0 Å². The molecule has 1 unspecified atom stereocenters. The standard InChI is InChI=1S/C10H11FO/c11-10(6-7-12-8-10)9-4-2-1-3-5-9/h1-5H,6-8H2. The fourth-order valence-electron chi connectivity index (χ4n) is 1.50. The van der Waals surface area contributed by atoms with Gasteiger partial charge in [0.15, 0.2) is 5.67 Å². The van der Waals surface area contributed by atoms with Gasteiger partial charge in [0, 0.05) is 6.42 Å². The molecular formula is C10H11FO. The van der Waals surface area contributed by atoms with Gasteiger partial charge in [-0.1, -0.05) is 30.3 Å². The summed E-state index contributed by atoms with van der Waals surface area (Å²) in [5.41, 5.74) is -0.496. The molecule has 0 radical (unpaired) electrons. The van der Waals surface area contributed by atoms with Crippen LogP contribution in [-0.4, -0.2) is 13.2 Å². The average Bonchev–Trinajstić information content (AvgIpc) is 2.55. The van der Waals surface area contributed by atoms with Crippen LogP contribution in [0, 0.1) is 0 Å². The summed E-state index contributed by atoms with van der Waals surface area (Å²) in [6.07, 6.45) is 0.483. The van der Waals surface area contributed by atoms with E-state index in [9.17, 15) is 4.39 Å². The molecule has 2 heteroatoms. The van der Waals surface area contributed by atoms with Crippen LogP contribution in [0.5, 0.6) is 0 Å². The van der Waals surface area contributed by atoms with Crippen LogP contribution >= 0.6 is 0 Å². The number of ether oxygens (including phenoxy) is 1. The average molecular weight is 166 g/mol. The Bertz CT molecular complexity index is 252. The van der Waals surface area contributed by atoms with Crippen molar-refractivity contribution in [3.05, 3.63) is 35.9 Å². The fourth-order valence-corrected chi connectivity index (χ4v) is 1.50. The molecule has 1 aliphatic rings. The van der Waals surface area contributed by atoms with E-state index in [1.54, 1.807) is 0 Å². The van der Waals surface area contributed by atoms with E-state index in [1.807, 2.05) is 30.3 Å². The van der Waals surface area contributed by atoms with Crippen LogP contribution in [0.1, 0.15) is 12.0 Å². The van der Waals surface area contributed by atoms with Crippen molar-refractivity contribution in [3.8, 4) is 0 Å². The van der Waals surface area contributed by atoms with E-state index >= 15 is 0 Å². The Morgan fingerprint density at radius 2 is 2.00 bits per heavy atom. The summed E-state index contributed by atoms with van der Waals surface area (Å²) in [5, 5.41) is 0. The van der Waals surface area contributed by atoms with Crippen molar-refractivity contribution in [2.24, 2.45) is 0 Å². The summed E-state index contributed by atoms with van der Waals surface area (Å²) in [4.78, 5) is 0. The minimum absolute atomic E-state index is 0.205. The lowest BCUT2D eigenvalue weighted by atomic mass is 9.95. The molecule has 0 amide bonds. The van der Waals surface area contributed by atoms with Crippen molar-refractivity contribution in [2.45, 2.75) is 12.1 Å². The molecule has 0 bridgehead atoms. The van der Waals surface area contributed by atoms with Gasteiger partial charge >= 0.3 is 0 Å². The molecule has 0 aromatic heterocycles. The van der Waals surface area contributed by atoms with E-state index in [1.165, 1.54) is 0 Å². The number of rotatable bonds is 1. The van der Waals surface area contributed by atoms with Gasteiger partial charge in [0.25, 0.3) is 0 Å². The Morgan fingerprint density at radius 3 is 2.58 bits per heavy atom. The molecular weight excluding hydrogens is 155 g/mol. The van der Waals surface area contributed by atoms with E-state index < -0.39 is 5.67 Å². The van der Waals surface area contributed by atoms with Crippen LogP contribution in [0.3, 0.4) is 0 Å². The van der Waals surface area contributed by atoms with E-state index in [4.69, 9.17) is 4.74 Å². The Hall–Kier alpha value is -0.890. The van der Waals surface area contributed by atoms with Crippen molar-refractivity contribution < 1.29 is 9.13 Å². The van der Waals surface area contributed by atoms with Crippen molar-refractivity contribution in [1.82, 2.24) is 0 Å². The first kappa shape index (κ1) is 7.74. The van der Waals surface area contributed by atoms with Gasteiger partial charge in [0.05, 0.1) is 13.2 Å². The first-order valence-corrected chi connectivity index (χ1v) is 4.13. The predicted molar refractivity (Wildman–Crippen MR) is 44.7 cm³/mol. The molecule has 64 valence electrons. The Morgan fingerprint density at radius 1 is 1.25 bits per heavy atom. The number of benzene rings is 1. The zero-order valence-electron chi connectivity index (χ0n) is 6.79. The van der Waals surface area contributed by atoms with Crippen LogP contribution in [0.4, 0.5) is 4.39 Å². The highest BCUT2D eigenvalue weighted by Gasteiger charge is 2.36. The molecule has 0 saturated carbocycles. The van der Waals surface area contributed by atoms with Crippen molar-refractivity contribution in [3.63, 3.8) is 0 Å². The topological polar surface area (TPSA) is 9.23 Å². The van der Waals surface area contributed by atoms with Gasteiger partial charge in [0.1, 0.15) is 0 Å². The lowest BCUT2D eigenvalue weighted by molar-refractivity contribution is 0.112. The van der Waals surface area contributed by atoms with Gasteiger partial charge in [-0.05, 0) is 5.56 Å². The normalized spacial score (nSPS) is 29.1. The third-order valence-electron chi connectivity index (χ3n) is 2.26. The Kier molecular flexibility index (Phi) is 1.85. The van der Waals surface area contributed by atoms with E-state index in [0.717, 1.165) is 5.56 Å². The van der Waals surface area contributed by atoms with E-state index in [-0.39, 0.29) is 6.61 Å². The summed E-state index contributed by atoms with van der Waals surface area (Å²) in [5.74, 6) is 0. The molecule has 1 nitrogen and oxygen atoms in total. The van der Waals surface area contributed by atoms with E-state index in [2.05, 4.69) is 0 Å². The highest BCUT2D eigenvalue weighted by Crippen LogP contribution is 2.34. The maximum atomic E-state index is 13.9. The number of hydrogen-bond donors (Lipinski definition) is 0. The maximum Gasteiger partial charge on any atom is 0.161 e. The zero-order chi connectivity index (χ0) is 8.44. The molecule has 1 fully saturated rings. The fraction of sp³-hybridized carbons (Fsp3) is 0.400. The quantitative estimate of drug-likeness (QED) is 0.621. The Balaban J connectivity index is 2.29. The van der Waals surface area contributed by atoms with Gasteiger partial charge in [-0.25, -0.2) is 4.39 Å². The van der Waals surface area contributed by atoms with Crippen LogP contribution in [0.25, 0.3) is 0 Å². The third-order valence-corrected chi connectivity index (χ3v) is 2.26. The third kappa shape index (κ3) is 1.23. The summed E-state index contributed by atoms with van der Waals surface area (Å²) in [6, 6.07) is 9.23. The minimum atomic E-state index is -1.23. The highest BCUT2D eigenvalue weighted by molar-refractivity contribution is 5.23. The molecule has 1 aliphatic heterocycles. The first-order chi connectivity index (χ1) is 5.81. The maximum absolute atomic E-state index is 13.9. The molecule has 0 spiro atoms. The Labute approximate surface area is 71.2 Å². The molecule has 1 saturated heterocycles. The van der Waals surface area contributed by atoms with Gasteiger partial charge in [-0.2, -0.15) is 0 Å². The number of hydrogen-bond acceptors (Lipinski definition) is 1. The van der Waals surface area contributed by atoms with Crippen molar-refractivity contribution >= 4 is 0 Å². The van der Waals surface area contributed by atoms with Gasteiger partial charge in [-0.15, -0.1) is 0 Å². The summed E-state index contributed by atoms with van der Waals surface area (Å²) >= 11 is 0. The first-order valence-electron chi connectivity index (χ1n) is 4.13. The largest absolute Gasteiger partial charge is 0.378 e. The molecule has 1 heterocycles. The molecule has 1 aromatic carbocycles. The van der Waals surface area contributed by atoms with Gasteiger partial charge in [-0.3, -0.25) is 0 Å². The second-order valence-electron chi connectivity index (χ2n) is 3.13. The van der Waals surface area contributed by atoms with Gasteiger partial charge in [0.2, 0.25) is 0 Å². The lowest BCUT2D eigenvalue weighted by Crippen LogP contribution is -2.19. The van der Waals surface area contributed by atoms with Crippen molar-refractivity contribution in [1.29, 1.82) is 0 Å². The van der Waals surface area contributed by atoms with Gasteiger partial charge < -0.3 is 4.74 Å². The summed E-state index contributed by atoms with van der Waals surface area (Å²) < 4.78 is 19.0. The molecule has 0 aliphatic carbocycles. The molecule has 0 N–H and O–H groups in total. The number of alkyl halides is 1. The zero-order valence-corrected chi connectivity index (χ0v) is 6.79. The van der Waals surface area contributed by atoms with Crippen LogP contribution in [-0.2, 0) is 10.4 Å². The SMILES string of the molecule is FC1(c2ccccc2)CCOC1. The summed E-state index contributed by atoms with van der Waals surface area (Å²) in [7, 11) is 0. The lowest BCUT2D eigenvalue weighted by Gasteiger charge is -2.16. The minimum Gasteiger partial charge on any atom is -0.378 e. The van der Waals surface area contributed by atoms with Crippen LogP contribution in [0.2, 0.25) is 0 Å². The number of halogens is 1. The monoisotopic (exact) mass is 166 g/mol. The summed E-state index contributed by atoms with van der Waals surface area (Å²) in [6.45, 7) is 0.738. The predicted octanol–water partition coefficient (Wildman–Crippen LogP) is 2.27. The second kappa shape index (κ2) is 2.87. The molecule has 2 rings (SSSR count).